The van der Waals surface area contributed by atoms with Gasteiger partial charge in [0.1, 0.15) is 12.4 Å². The van der Waals surface area contributed by atoms with Gasteiger partial charge < -0.3 is 14.6 Å². The number of aliphatic hydroxyl groups excluding tert-OH is 1. The molecule has 1 unspecified atom stereocenters. The van der Waals surface area contributed by atoms with E-state index < -0.39 is 6.10 Å². The van der Waals surface area contributed by atoms with Gasteiger partial charge in [-0.15, -0.1) is 5.10 Å². The monoisotopic (exact) mass is 226 g/mol. The van der Waals surface area contributed by atoms with Crippen molar-refractivity contribution in [1.29, 1.82) is 5.26 Å². The van der Waals surface area contributed by atoms with E-state index in [2.05, 4.69) is 10.1 Å². The first-order valence-electron chi connectivity index (χ1n) is 4.80. The molecule has 0 fully saturated rings. The van der Waals surface area contributed by atoms with Gasteiger partial charge in [-0.05, 0) is 0 Å². The van der Waals surface area contributed by atoms with Crippen molar-refractivity contribution < 1.29 is 14.6 Å². The molecule has 0 aliphatic carbocycles. The lowest BCUT2D eigenvalue weighted by molar-refractivity contribution is 0.00593. The molecule has 88 valence electrons. The molecule has 1 heterocycles. The first-order valence-corrected chi connectivity index (χ1v) is 4.80. The Hall–Kier alpha value is -1.49. The van der Waals surface area contributed by atoms with E-state index in [-0.39, 0.29) is 19.0 Å². The summed E-state index contributed by atoms with van der Waals surface area (Å²) in [6.07, 6.45) is 0.724. The third-order valence-corrected chi connectivity index (χ3v) is 1.78. The molecule has 0 bridgehead atoms. The standard InChI is InChI=1S/C9H14N4O3/c1-15-2-3-16-6-8(14)5-13-7-11-9(4-10)12-13/h7-8,14H,2-3,5-6H2,1H3. The Kier molecular flexibility index (Phi) is 5.42. The summed E-state index contributed by atoms with van der Waals surface area (Å²) >= 11 is 0. The van der Waals surface area contributed by atoms with Crippen LogP contribution in [-0.4, -0.2) is 52.9 Å². The van der Waals surface area contributed by atoms with Crippen LogP contribution in [0.2, 0.25) is 0 Å². The minimum absolute atomic E-state index is 0.0903. The lowest BCUT2D eigenvalue weighted by Gasteiger charge is -2.10. The molecule has 1 atom stereocenters. The van der Waals surface area contributed by atoms with Gasteiger partial charge >= 0.3 is 0 Å². The van der Waals surface area contributed by atoms with E-state index in [1.807, 2.05) is 6.07 Å². The Morgan fingerprint density at radius 2 is 2.44 bits per heavy atom. The molecular formula is C9H14N4O3. The second-order valence-corrected chi connectivity index (χ2v) is 3.12. The number of aromatic nitrogens is 3. The van der Waals surface area contributed by atoms with Gasteiger partial charge in [0.15, 0.2) is 0 Å². The number of rotatable bonds is 7. The fraction of sp³-hybridized carbons (Fsp3) is 0.667. The van der Waals surface area contributed by atoms with Crippen molar-refractivity contribution in [3.05, 3.63) is 12.2 Å². The summed E-state index contributed by atoms with van der Waals surface area (Å²) in [7, 11) is 1.58. The summed E-state index contributed by atoms with van der Waals surface area (Å²) in [5, 5.41) is 21.9. The SMILES string of the molecule is COCCOCC(O)Cn1cnc(C#N)n1. The first kappa shape index (κ1) is 12.6. The zero-order valence-electron chi connectivity index (χ0n) is 9.04. The largest absolute Gasteiger partial charge is 0.389 e. The molecule has 0 aliphatic heterocycles. The van der Waals surface area contributed by atoms with E-state index >= 15 is 0 Å². The van der Waals surface area contributed by atoms with Gasteiger partial charge in [-0.2, -0.15) is 5.26 Å². The van der Waals surface area contributed by atoms with Crippen LogP contribution in [0, 0.1) is 11.3 Å². The van der Waals surface area contributed by atoms with Gasteiger partial charge in [-0.3, -0.25) is 0 Å². The second-order valence-electron chi connectivity index (χ2n) is 3.12. The molecule has 0 spiro atoms. The molecule has 1 aromatic rings. The maximum absolute atomic E-state index is 9.55. The summed E-state index contributed by atoms with van der Waals surface area (Å²) in [4.78, 5) is 3.72. The maximum Gasteiger partial charge on any atom is 0.252 e. The number of nitrogens with zero attached hydrogens (tertiary/aromatic N) is 4. The molecule has 7 heteroatoms. The average Bonchev–Trinajstić information content (AvgIpc) is 2.72. The lowest BCUT2D eigenvalue weighted by atomic mass is 10.4. The Morgan fingerprint density at radius 3 is 3.06 bits per heavy atom. The van der Waals surface area contributed by atoms with Crippen LogP contribution in [0.15, 0.2) is 6.33 Å². The molecule has 0 saturated heterocycles. The van der Waals surface area contributed by atoms with Crippen LogP contribution in [0.5, 0.6) is 0 Å². The lowest BCUT2D eigenvalue weighted by Crippen LogP contribution is -2.23. The van der Waals surface area contributed by atoms with E-state index in [0.29, 0.717) is 13.2 Å². The molecule has 0 saturated carbocycles. The van der Waals surface area contributed by atoms with Crippen LogP contribution in [0.25, 0.3) is 0 Å². The van der Waals surface area contributed by atoms with Crippen molar-refractivity contribution in [2.45, 2.75) is 12.6 Å². The molecule has 0 radical (unpaired) electrons. The summed E-state index contributed by atoms with van der Waals surface area (Å²) in [5.74, 6) is 0.0903. The van der Waals surface area contributed by atoms with Crippen LogP contribution in [0.1, 0.15) is 5.82 Å². The minimum atomic E-state index is -0.676. The fourth-order valence-corrected chi connectivity index (χ4v) is 1.06. The molecule has 7 nitrogen and oxygen atoms in total. The van der Waals surface area contributed by atoms with E-state index in [1.165, 1.54) is 11.0 Å². The summed E-state index contributed by atoms with van der Waals surface area (Å²) < 4.78 is 11.3. The van der Waals surface area contributed by atoms with Crippen molar-refractivity contribution in [3.8, 4) is 6.07 Å². The zero-order valence-corrected chi connectivity index (χ0v) is 9.04. The van der Waals surface area contributed by atoms with Crippen LogP contribution in [0.3, 0.4) is 0 Å². The molecule has 0 aromatic carbocycles. The molecular weight excluding hydrogens is 212 g/mol. The molecule has 16 heavy (non-hydrogen) atoms. The molecule has 0 aliphatic rings. The topological polar surface area (TPSA) is 93.2 Å². The van der Waals surface area contributed by atoms with Crippen molar-refractivity contribution in [2.24, 2.45) is 0 Å². The average molecular weight is 226 g/mol. The predicted octanol–water partition coefficient (Wildman–Crippen LogP) is -0.826. The zero-order chi connectivity index (χ0) is 11.8. The highest BCUT2D eigenvalue weighted by Crippen LogP contribution is 1.93. The number of aliphatic hydroxyl groups is 1. The van der Waals surface area contributed by atoms with Crippen molar-refractivity contribution >= 4 is 0 Å². The van der Waals surface area contributed by atoms with Gasteiger partial charge in [-0.1, -0.05) is 0 Å². The van der Waals surface area contributed by atoms with Crippen molar-refractivity contribution in [3.63, 3.8) is 0 Å². The quantitative estimate of drug-likeness (QED) is 0.610. The molecule has 1 rings (SSSR count). The van der Waals surface area contributed by atoms with E-state index in [1.54, 1.807) is 7.11 Å². The first-order chi connectivity index (χ1) is 7.76. The highest BCUT2D eigenvalue weighted by atomic mass is 16.5. The van der Waals surface area contributed by atoms with E-state index in [0.717, 1.165) is 0 Å². The predicted molar refractivity (Wildman–Crippen MR) is 53.4 cm³/mol. The number of ether oxygens (including phenoxy) is 2. The van der Waals surface area contributed by atoms with Crippen molar-refractivity contribution in [1.82, 2.24) is 14.8 Å². The third-order valence-electron chi connectivity index (χ3n) is 1.78. The molecule has 1 aromatic heterocycles. The van der Waals surface area contributed by atoms with Gasteiger partial charge in [0, 0.05) is 7.11 Å². The Balaban J connectivity index is 2.23. The Bertz CT molecular complexity index is 347. The highest BCUT2D eigenvalue weighted by Gasteiger charge is 2.07. The fourth-order valence-electron chi connectivity index (χ4n) is 1.06. The van der Waals surface area contributed by atoms with Gasteiger partial charge in [0.05, 0.1) is 32.5 Å². The number of methoxy groups -OCH3 is 1. The van der Waals surface area contributed by atoms with E-state index in [4.69, 9.17) is 14.7 Å². The second kappa shape index (κ2) is 6.90. The Labute approximate surface area is 93.2 Å². The molecule has 1 N–H and O–H groups in total. The normalized spacial score (nSPS) is 12.3. The number of hydrogen-bond donors (Lipinski definition) is 1. The van der Waals surface area contributed by atoms with Gasteiger partial charge in [0.2, 0.25) is 0 Å². The minimum Gasteiger partial charge on any atom is -0.389 e. The summed E-state index contributed by atoms with van der Waals surface area (Å²) in [6.45, 7) is 1.38. The smallest absolute Gasteiger partial charge is 0.252 e. The van der Waals surface area contributed by atoms with Crippen LogP contribution < -0.4 is 0 Å². The van der Waals surface area contributed by atoms with Crippen LogP contribution >= 0.6 is 0 Å². The number of hydrogen-bond acceptors (Lipinski definition) is 6. The Morgan fingerprint density at radius 1 is 1.62 bits per heavy atom. The van der Waals surface area contributed by atoms with Crippen LogP contribution in [-0.2, 0) is 16.0 Å². The van der Waals surface area contributed by atoms with Crippen molar-refractivity contribution in [2.75, 3.05) is 26.9 Å². The van der Waals surface area contributed by atoms with Gasteiger partial charge in [-0.25, -0.2) is 9.67 Å². The number of nitriles is 1. The highest BCUT2D eigenvalue weighted by molar-refractivity contribution is 5.05. The third kappa shape index (κ3) is 4.35. The summed E-state index contributed by atoms with van der Waals surface area (Å²) in [5.41, 5.74) is 0. The maximum atomic E-state index is 9.55. The van der Waals surface area contributed by atoms with E-state index in [9.17, 15) is 5.11 Å². The molecule has 0 amide bonds. The summed E-state index contributed by atoms with van der Waals surface area (Å²) in [6, 6.07) is 1.81. The van der Waals surface area contributed by atoms with Crippen LogP contribution in [0.4, 0.5) is 0 Å². The van der Waals surface area contributed by atoms with Gasteiger partial charge in [0.25, 0.3) is 5.82 Å².